The molecule has 0 bridgehead atoms. The Bertz CT molecular complexity index is 716. The van der Waals surface area contributed by atoms with Crippen LogP contribution in [0.15, 0.2) is 54.1 Å². The molecule has 0 unspecified atom stereocenters. The van der Waals surface area contributed by atoms with E-state index in [-0.39, 0.29) is 6.04 Å². The van der Waals surface area contributed by atoms with E-state index < -0.39 is 0 Å². The van der Waals surface area contributed by atoms with Crippen molar-refractivity contribution < 1.29 is 0 Å². The first-order chi connectivity index (χ1) is 11.4. The van der Waals surface area contributed by atoms with Crippen LogP contribution in [0.1, 0.15) is 42.6 Å². The fraction of sp³-hybridized carbons (Fsp3) is 0.389. The molecule has 1 N–H and O–H groups in total. The summed E-state index contributed by atoms with van der Waals surface area (Å²) in [4.78, 5) is 0. The minimum Gasteiger partial charge on any atom is -0.307 e. The van der Waals surface area contributed by atoms with Crippen LogP contribution in [0.2, 0.25) is 0 Å². The summed E-state index contributed by atoms with van der Waals surface area (Å²) in [6.45, 7) is 1.73. The van der Waals surface area contributed by atoms with E-state index in [0.717, 1.165) is 38.2 Å². The molecule has 0 saturated carbocycles. The Morgan fingerprint density at radius 2 is 2.09 bits per heavy atom. The molecule has 1 aromatic heterocycles. The second-order valence-electron chi connectivity index (χ2n) is 6.26. The van der Waals surface area contributed by atoms with Crippen molar-refractivity contribution in [2.45, 2.75) is 37.8 Å². The average Bonchev–Trinajstić information content (AvgIpc) is 3.25. The Morgan fingerprint density at radius 3 is 2.91 bits per heavy atom. The van der Waals surface area contributed by atoms with Gasteiger partial charge < -0.3 is 5.32 Å². The van der Waals surface area contributed by atoms with Crippen LogP contribution in [0.3, 0.4) is 0 Å². The van der Waals surface area contributed by atoms with Crippen LogP contribution in [0.5, 0.6) is 0 Å². The predicted molar refractivity (Wildman–Crippen MR) is 88.8 cm³/mol. The van der Waals surface area contributed by atoms with Crippen molar-refractivity contribution in [3.8, 4) is 0 Å². The largest absolute Gasteiger partial charge is 0.307 e. The molecule has 5 nitrogen and oxygen atoms in total. The average molecular weight is 307 g/mol. The van der Waals surface area contributed by atoms with Gasteiger partial charge in [-0.05, 0) is 46.7 Å². The Morgan fingerprint density at radius 1 is 1.17 bits per heavy atom. The second kappa shape index (κ2) is 6.46. The van der Waals surface area contributed by atoms with E-state index in [1.54, 1.807) is 0 Å². The van der Waals surface area contributed by atoms with E-state index in [9.17, 15) is 0 Å². The summed E-state index contributed by atoms with van der Waals surface area (Å²) in [6.07, 6.45) is 9.97. The van der Waals surface area contributed by atoms with Gasteiger partial charge in [-0.25, -0.2) is 4.68 Å². The summed E-state index contributed by atoms with van der Waals surface area (Å²) >= 11 is 0. The number of benzene rings is 1. The van der Waals surface area contributed by atoms with Gasteiger partial charge in [-0.3, -0.25) is 0 Å². The van der Waals surface area contributed by atoms with Crippen LogP contribution in [0.25, 0.3) is 0 Å². The first-order valence-corrected chi connectivity index (χ1v) is 8.30. The molecular weight excluding hydrogens is 286 g/mol. The Labute approximate surface area is 136 Å². The molecule has 1 fully saturated rings. The quantitative estimate of drug-likeness (QED) is 0.943. The van der Waals surface area contributed by atoms with Gasteiger partial charge in [0.05, 0.1) is 12.6 Å². The zero-order chi connectivity index (χ0) is 15.5. The highest BCUT2D eigenvalue weighted by molar-refractivity contribution is 5.24. The highest BCUT2D eigenvalue weighted by atomic mass is 15.5. The van der Waals surface area contributed by atoms with Crippen LogP contribution < -0.4 is 5.32 Å². The van der Waals surface area contributed by atoms with E-state index in [4.69, 9.17) is 0 Å². The van der Waals surface area contributed by atoms with Crippen molar-refractivity contribution in [2.75, 3.05) is 6.54 Å². The Balaban J connectivity index is 1.48. The predicted octanol–water partition coefficient (Wildman–Crippen LogP) is 2.77. The van der Waals surface area contributed by atoms with Crippen molar-refractivity contribution in [1.29, 1.82) is 0 Å². The Kier molecular flexibility index (Phi) is 4.03. The van der Waals surface area contributed by atoms with Gasteiger partial charge in [-0.1, -0.05) is 48.6 Å². The topological polar surface area (TPSA) is 55.6 Å². The Hall–Kier alpha value is -2.27. The van der Waals surface area contributed by atoms with Gasteiger partial charge in [0.25, 0.3) is 0 Å². The zero-order valence-electron chi connectivity index (χ0n) is 13.1. The summed E-state index contributed by atoms with van der Waals surface area (Å²) in [5.41, 5.74) is 2.68. The second-order valence-corrected chi connectivity index (χ2v) is 6.26. The number of nitrogens with zero attached hydrogens (tertiary/aromatic N) is 4. The van der Waals surface area contributed by atoms with Crippen LogP contribution in [-0.2, 0) is 6.54 Å². The minimum atomic E-state index is 0.225. The van der Waals surface area contributed by atoms with Gasteiger partial charge in [0.15, 0.2) is 5.82 Å². The summed E-state index contributed by atoms with van der Waals surface area (Å²) in [7, 11) is 0. The maximum Gasteiger partial charge on any atom is 0.168 e. The lowest BCUT2D eigenvalue weighted by atomic mass is 9.96. The molecule has 1 aliphatic heterocycles. The monoisotopic (exact) mass is 307 g/mol. The molecule has 2 aromatic rings. The lowest BCUT2D eigenvalue weighted by molar-refractivity contribution is 0.531. The van der Waals surface area contributed by atoms with Crippen molar-refractivity contribution >= 4 is 0 Å². The molecular formula is C18H21N5. The lowest BCUT2D eigenvalue weighted by Crippen LogP contribution is -2.19. The van der Waals surface area contributed by atoms with Crippen LogP contribution in [-0.4, -0.2) is 26.8 Å². The van der Waals surface area contributed by atoms with Gasteiger partial charge in [0, 0.05) is 6.54 Å². The first kappa shape index (κ1) is 14.3. The molecule has 1 aromatic carbocycles. The molecule has 4 rings (SSSR count). The molecule has 5 heteroatoms. The van der Waals surface area contributed by atoms with E-state index in [1.807, 2.05) is 4.68 Å². The standard InChI is InChI=1S/C18H21N5/c1-3-7-14(8-4-1)13-23-18(20-21-22-23)17-11-16(12-19-17)15-9-5-2-6-10-15/h2-3,5-10,16-17,19H,1,4,11-13H2/t16-,17-/m0/s1. The number of hydrogen-bond acceptors (Lipinski definition) is 4. The summed E-state index contributed by atoms with van der Waals surface area (Å²) < 4.78 is 1.94. The number of tetrazole rings is 1. The first-order valence-electron chi connectivity index (χ1n) is 8.30. The van der Waals surface area contributed by atoms with Crippen molar-refractivity contribution in [1.82, 2.24) is 25.5 Å². The maximum atomic E-state index is 4.28. The smallest absolute Gasteiger partial charge is 0.168 e. The van der Waals surface area contributed by atoms with Gasteiger partial charge in [-0.2, -0.15) is 0 Å². The van der Waals surface area contributed by atoms with E-state index in [1.165, 1.54) is 11.1 Å². The fourth-order valence-corrected chi connectivity index (χ4v) is 3.44. The third kappa shape index (κ3) is 3.10. The number of hydrogen-bond donors (Lipinski definition) is 1. The number of allylic oxidation sites excluding steroid dienone is 4. The SMILES string of the molecule is C1=CC(Cn2nnnc2[C@@H]2C[C@H](c3ccccc3)CN2)=CCC1. The number of aromatic nitrogens is 4. The third-order valence-corrected chi connectivity index (χ3v) is 4.68. The zero-order valence-corrected chi connectivity index (χ0v) is 13.1. The normalized spacial score (nSPS) is 23.9. The number of nitrogens with one attached hydrogen (secondary N) is 1. The van der Waals surface area contributed by atoms with Crippen molar-refractivity contribution in [3.05, 3.63) is 65.5 Å². The lowest BCUT2D eigenvalue weighted by Gasteiger charge is -2.12. The minimum absolute atomic E-state index is 0.225. The molecule has 2 heterocycles. The molecule has 2 aliphatic rings. The van der Waals surface area contributed by atoms with Crippen molar-refractivity contribution in [2.24, 2.45) is 0 Å². The molecule has 1 saturated heterocycles. The fourth-order valence-electron chi connectivity index (χ4n) is 3.44. The van der Waals surface area contributed by atoms with Crippen molar-refractivity contribution in [3.63, 3.8) is 0 Å². The van der Waals surface area contributed by atoms with E-state index in [0.29, 0.717) is 5.92 Å². The van der Waals surface area contributed by atoms with E-state index in [2.05, 4.69) is 69.4 Å². The maximum absolute atomic E-state index is 4.28. The molecule has 1 aliphatic carbocycles. The van der Waals surface area contributed by atoms with Crippen LogP contribution in [0, 0.1) is 0 Å². The van der Waals surface area contributed by atoms with Gasteiger partial charge in [0.1, 0.15) is 0 Å². The van der Waals surface area contributed by atoms with E-state index >= 15 is 0 Å². The molecule has 118 valence electrons. The van der Waals surface area contributed by atoms with Crippen LogP contribution >= 0.6 is 0 Å². The van der Waals surface area contributed by atoms with Gasteiger partial charge in [-0.15, -0.1) is 5.10 Å². The molecule has 0 radical (unpaired) electrons. The molecule has 0 spiro atoms. The molecule has 0 amide bonds. The highest BCUT2D eigenvalue weighted by Crippen LogP contribution is 2.32. The summed E-state index contributed by atoms with van der Waals surface area (Å²) in [5, 5.41) is 16.0. The number of rotatable bonds is 4. The molecule has 23 heavy (non-hydrogen) atoms. The summed E-state index contributed by atoms with van der Waals surface area (Å²) in [6, 6.07) is 10.9. The summed E-state index contributed by atoms with van der Waals surface area (Å²) in [5.74, 6) is 1.48. The van der Waals surface area contributed by atoms with Crippen LogP contribution in [0.4, 0.5) is 0 Å². The molecule has 2 atom stereocenters. The highest BCUT2D eigenvalue weighted by Gasteiger charge is 2.30. The van der Waals surface area contributed by atoms with Gasteiger partial charge in [0.2, 0.25) is 0 Å². The van der Waals surface area contributed by atoms with Gasteiger partial charge >= 0.3 is 0 Å². The third-order valence-electron chi connectivity index (χ3n) is 4.68.